The van der Waals surface area contributed by atoms with Crippen molar-refractivity contribution in [3.8, 4) is 0 Å². The monoisotopic (exact) mass is 421 g/mol. The molecule has 0 unspecified atom stereocenters. The Morgan fingerprint density at radius 2 is 1.80 bits per heavy atom. The first-order valence-electron chi connectivity index (χ1n) is 8.34. The van der Waals surface area contributed by atoms with E-state index in [0.717, 1.165) is 47.0 Å². The predicted octanol–water partition coefficient (Wildman–Crippen LogP) is 4.25. The molecule has 0 radical (unpaired) electrons. The lowest BCUT2D eigenvalue weighted by Crippen LogP contribution is -2.52. The van der Waals surface area contributed by atoms with Crippen molar-refractivity contribution in [1.82, 2.24) is 4.90 Å². The smallest absolute Gasteiger partial charge is 0.241 e. The minimum atomic E-state index is -0.162. The molecule has 0 saturated carbocycles. The van der Waals surface area contributed by atoms with Crippen LogP contribution in [0, 0.1) is 0 Å². The highest BCUT2D eigenvalue weighted by molar-refractivity contribution is 9.10. The summed E-state index contributed by atoms with van der Waals surface area (Å²) >= 11 is 9.48. The predicted molar refractivity (Wildman–Crippen MR) is 107 cm³/mol. The normalized spacial score (nSPS) is 16.5. The maximum atomic E-state index is 12.5. The van der Waals surface area contributed by atoms with Gasteiger partial charge in [-0.3, -0.25) is 9.69 Å². The third-order valence-corrected chi connectivity index (χ3v) is 5.29. The first kappa shape index (κ1) is 18.2. The fourth-order valence-corrected chi connectivity index (χ4v) is 3.43. The standard InChI is InChI=1S/C19H21BrClN3O/c1-14(19(25)22-17-7-5-15(20)6-8-17)23-9-11-24(12-10-23)18-4-2-3-16(21)13-18/h2-8,13-14H,9-12H2,1H3,(H,22,25)/t14-/m0/s1. The van der Waals surface area contributed by atoms with Crippen LogP contribution < -0.4 is 10.2 Å². The van der Waals surface area contributed by atoms with Crippen LogP contribution in [0.5, 0.6) is 0 Å². The van der Waals surface area contributed by atoms with Gasteiger partial charge in [0.25, 0.3) is 0 Å². The number of benzene rings is 2. The van der Waals surface area contributed by atoms with Gasteiger partial charge >= 0.3 is 0 Å². The number of carbonyl (C=O) groups excluding carboxylic acids is 1. The van der Waals surface area contributed by atoms with E-state index in [1.807, 2.05) is 49.4 Å². The van der Waals surface area contributed by atoms with Gasteiger partial charge in [-0.25, -0.2) is 0 Å². The molecule has 2 aromatic rings. The molecule has 0 aliphatic carbocycles. The summed E-state index contributed by atoms with van der Waals surface area (Å²) in [5.74, 6) is 0.0264. The van der Waals surface area contributed by atoms with Gasteiger partial charge in [-0.1, -0.05) is 33.6 Å². The third-order valence-electron chi connectivity index (χ3n) is 4.53. The molecular weight excluding hydrogens is 402 g/mol. The van der Waals surface area contributed by atoms with E-state index in [4.69, 9.17) is 11.6 Å². The number of hydrogen-bond acceptors (Lipinski definition) is 3. The zero-order valence-electron chi connectivity index (χ0n) is 14.1. The summed E-state index contributed by atoms with van der Waals surface area (Å²) in [7, 11) is 0. The van der Waals surface area contributed by atoms with Crippen LogP contribution in [0.1, 0.15) is 6.92 Å². The quantitative estimate of drug-likeness (QED) is 0.800. The lowest BCUT2D eigenvalue weighted by molar-refractivity contribution is -0.120. The molecule has 0 aromatic heterocycles. The van der Waals surface area contributed by atoms with E-state index in [1.165, 1.54) is 0 Å². The van der Waals surface area contributed by atoms with E-state index in [-0.39, 0.29) is 11.9 Å². The topological polar surface area (TPSA) is 35.6 Å². The number of nitrogens with one attached hydrogen (secondary N) is 1. The highest BCUT2D eigenvalue weighted by atomic mass is 79.9. The van der Waals surface area contributed by atoms with E-state index in [1.54, 1.807) is 0 Å². The minimum Gasteiger partial charge on any atom is -0.369 e. The molecule has 3 rings (SSSR count). The van der Waals surface area contributed by atoms with Gasteiger partial charge < -0.3 is 10.2 Å². The molecule has 1 aliphatic rings. The molecule has 0 spiro atoms. The van der Waals surface area contributed by atoms with Crippen molar-refractivity contribution in [1.29, 1.82) is 0 Å². The van der Waals surface area contributed by atoms with Gasteiger partial charge in [-0.15, -0.1) is 0 Å². The van der Waals surface area contributed by atoms with Crippen molar-refractivity contribution in [3.05, 3.63) is 58.0 Å². The van der Waals surface area contributed by atoms with Crippen LogP contribution in [-0.4, -0.2) is 43.0 Å². The first-order chi connectivity index (χ1) is 12.0. The molecule has 0 bridgehead atoms. The average molecular weight is 423 g/mol. The summed E-state index contributed by atoms with van der Waals surface area (Å²) in [6, 6.07) is 15.4. The summed E-state index contributed by atoms with van der Waals surface area (Å²) in [4.78, 5) is 17.0. The van der Waals surface area contributed by atoms with E-state index in [2.05, 4.69) is 37.1 Å². The number of amides is 1. The van der Waals surface area contributed by atoms with Gasteiger partial charge in [-0.2, -0.15) is 0 Å². The van der Waals surface area contributed by atoms with E-state index in [0.29, 0.717) is 0 Å². The molecular formula is C19H21BrClN3O. The zero-order chi connectivity index (χ0) is 17.8. The van der Waals surface area contributed by atoms with Crippen LogP contribution in [0.2, 0.25) is 5.02 Å². The Bertz CT molecular complexity index is 730. The Morgan fingerprint density at radius 3 is 2.44 bits per heavy atom. The summed E-state index contributed by atoms with van der Waals surface area (Å²) in [5, 5.41) is 3.74. The Labute approximate surface area is 161 Å². The molecule has 1 N–H and O–H groups in total. The average Bonchev–Trinajstić information content (AvgIpc) is 2.63. The molecule has 1 aliphatic heterocycles. The second-order valence-corrected chi connectivity index (χ2v) is 7.53. The van der Waals surface area contributed by atoms with Crippen LogP contribution in [0.25, 0.3) is 0 Å². The lowest BCUT2D eigenvalue weighted by Gasteiger charge is -2.38. The molecule has 132 valence electrons. The number of anilines is 2. The van der Waals surface area contributed by atoms with Gasteiger partial charge in [0.2, 0.25) is 5.91 Å². The molecule has 1 heterocycles. The molecule has 1 fully saturated rings. The van der Waals surface area contributed by atoms with Gasteiger partial charge in [0.15, 0.2) is 0 Å². The molecule has 1 amide bonds. The molecule has 1 atom stereocenters. The molecule has 25 heavy (non-hydrogen) atoms. The Morgan fingerprint density at radius 1 is 1.12 bits per heavy atom. The van der Waals surface area contributed by atoms with Crippen molar-refractivity contribution in [2.45, 2.75) is 13.0 Å². The van der Waals surface area contributed by atoms with Crippen LogP contribution in [-0.2, 0) is 4.79 Å². The summed E-state index contributed by atoms with van der Waals surface area (Å²) in [6.45, 7) is 5.43. The fourth-order valence-electron chi connectivity index (χ4n) is 2.99. The highest BCUT2D eigenvalue weighted by Crippen LogP contribution is 2.21. The van der Waals surface area contributed by atoms with Crippen LogP contribution in [0.3, 0.4) is 0 Å². The molecule has 6 heteroatoms. The number of piperazine rings is 1. The maximum Gasteiger partial charge on any atom is 0.241 e. The van der Waals surface area contributed by atoms with Crippen LogP contribution >= 0.6 is 27.5 Å². The maximum absolute atomic E-state index is 12.5. The van der Waals surface area contributed by atoms with E-state index >= 15 is 0 Å². The van der Waals surface area contributed by atoms with Crippen LogP contribution in [0.4, 0.5) is 11.4 Å². The van der Waals surface area contributed by atoms with Crippen molar-refractivity contribution < 1.29 is 4.79 Å². The zero-order valence-corrected chi connectivity index (χ0v) is 16.4. The number of hydrogen-bond donors (Lipinski definition) is 1. The van der Waals surface area contributed by atoms with Gasteiger partial charge in [0.05, 0.1) is 6.04 Å². The van der Waals surface area contributed by atoms with Gasteiger partial charge in [-0.05, 0) is 49.4 Å². The molecule has 1 saturated heterocycles. The van der Waals surface area contributed by atoms with Gasteiger partial charge in [0.1, 0.15) is 0 Å². The van der Waals surface area contributed by atoms with Crippen molar-refractivity contribution in [3.63, 3.8) is 0 Å². The van der Waals surface area contributed by atoms with E-state index in [9.17, 15) is 4.79 Å². The minimum absolute atomic E-state index is 0.0264. The second kappa shape index (κ2) is 8.21. The summed E-state index contributed by atoms with van der Waals surface area (Å²) in [5.41, 5.74) is 1.96. The van der Waals surface area contributed by atoms with Crippen molar-refractivity contribution in [2.75, 3.05) is 36.4 Å². The first-order valence-corrected chi connectivity index (χ1v) is 9.51. The second-order valence-electron chi connectivity index (χ2n) is 6.18. The van der Waals surface area contributed by atoms with Crippen LogP contribution in [0.15, 0.2) is 53.0 Å². The van der Waals surface area contributed by atoms with Crippen molar-refractivity contribution in [2.24, 2.45) is 0 Å². The van der Waals surface area contributed by atoms with Gasteiger partial charge in [0, 0.05) is 47.0 Å². The third kappa shape index (κ3) is 4.75. The Kier molecular flexibility index (Phi) is 5.99. The highest BCUT2D eigenvalue weighted by Gasteiger charge is 2.25. The largest absolute Gasteiger partial charge is 0.369 e. The Balaban J connectivity index is 1.54. The molecule has 2 aromatic carbocycles. The number of nitrogens with zero attached hydrogens (tertiary/aromatic N) is 2. The van der Waals surface area contributed by atoms with Crippen molar-refractivity contribution >= 4 is 44.8 Å². The fraction of sp³-hybridized carbons (Fsp3) is 0.316. The lowest BCUT2D eigenvalue weighted by atomic mass is 10.2. The Hall–Kier alpha value is -1.56. The SMILES string of the molecule is C[C@@H](C(=O)Nc1ccc(Br)cc1)N1CCN(c2cccc(Cl)c2)CC1. The number of halogens is 2. The summed E-state index contributed by atoms with van der Waals surface area (Å²) in [6.07, 6.45) is 0. The summed E-state index contributed by atoms with van der Waals surface area (Å²) < 4.78 is 0.996. The number of rotatable bonds is 4. The van der Waals surface area contributed by atoms with E-state index < -0.39 is 0 Å². The molecule has 4 nitrogen and oxygen atoms in total. The number of carbonyl (C=O) groups is 1.